The Morgan fingerprint density at radius 1 is 1.28 bits per heavy atom. The second-order valence-corrected chi connectivity index (χ2v) is 6.90. The highest BCUT2D eigenvalue weighted by molar-refractivity contribution is 5.69. The van der Waals surface area contributed by atoms with Gasteiger partial charge in [-0.1, -0.05) is 0 Å². The van der Waals surface area contributed by atoms with Crippen LogP contribution in [0.2, 0.25) is 0 Å². The molecule has 0 aromatic rings. The molecule has 0 unspecified atom stereocenters. The maximum Gasteiger partial charge on any atom is 0.410 e. The summed E-state index contributed by atoms with van der Waals surface area (Å²) in [6, 6.07) is 0.672. The van der Waals surface area contributed by atoms with Gasteiger partial charge in [0.05, 0.1) is 0 Å². The molecule has 18 heavy (non-hydrogen) atoms. The quantitative estimate of drug-likeness (QED) is 0.781. The molecule has 1 saturated carbocycles. The Balaban J connectivity index is 1.78. The van der Waals surface area contributed by atoms with Crippen LogP contribution in [-0.2, 0) is 4.74 Å². The van der Waals surface area contributed by atoms with Crippen molar-refractivity contribution in [2.75, 3.05) is 20.1 Å². The zero-order valence-electron chi connectivity index (χ0n) is 12.1. The summed E-state index contributed by atoms with van der Waals surface area (Å²) >= 11 is 0. The van der Waals surface area contributed by atoms with E-state index in [2.05, 4.69) is 5.32 Å². The van der Waals surface area contributed by atoms with Gasteiger partial charge >= 0.3 is 6.09 Å². The molecule has 1 N–H and O–H groups in total. The molecule has 0 atom stereocenters. The Morgan fingerprint density at radius 3 is 2.28 bits per heavy atom. The molecule has 1 saturated heterocycles. The third-order valence-electron chi connectivity index (χ3n) is 4.16. The monoisotopic (exact) mass is 254 g/mol. The predicted octanol–water partition coefficient (Wildman–Crippen LogP) is 2.39. The number of nitrogens with one attached hydrogen (secondary N) is 1. The summed E-state index contributed by atoms with van der Waals surface area (Å²) < 4.78 is 5.39. The fraction of sp³-hybridized carbons (Fsp3) is 0.929. The molecule has 1 aliphatic heterocycles. The van der Waals surface area contributed by atoms with Crippen molar-refractivity contribution in [3.63, 3.8) is 0 Å². The van der Waals surface area contributed by atoms with E-state index in [0.29, 0.717) is 11.5 Å². The third kappa shape index (κ3) is 2.97. The van der Waals surface area contributed by atoms with Crippen LogP contribution in [0, 0.1) is 5.41 Å². The number of carbonyl (C=O) groups is 1. The van der Waals surface area contributed by atoms with Gasteiger partial charge in [-0.25, -0.2) is 4.79 Å². The van der Waals surface area contributed by atoms with E-state index >= 15 is 0 Å². The van der Waals surface area contributed by atoms with E-state index in [1.807, 2.05) is 32.7 Å². The van der Waals surface area contributed by atoms with Gasteiger partial charge in [-0.2, -0.15) is 0 Å². The first-order valence-corrected chi connectivity index (χ1v) is 6.99. The first-order chi connectivity index (χ1) is 8.34. The molecule has 0 aromatic carbocycles. The molecular weight excluding hydrogens is 228 g/mol. The van der Waals surface area contributed by atoms with Crippen molar-refractivity contribution in [3.8, 4) is 0 Å². The zero-order chi connectivity index (χ0) is 13.4. The van der Waals surface area contributed by atoms with Crippen LogP contribution in [0.4, 0.5) is 4.79 Å². The molecule has 104 valence electrons. The largest absolute Gasteiger partial charge is 0.444 e. The standard InChI is InChI=1S/C14H26N2O2/c1-13(2,3)18-12(17)16-9-14(10-16)7-5-11(15-4)6-8-14/h11,15H,5-10H2,1-4H3. The van der Waals surface area contributed by atoms with Crippen LogP contribution in [0.1, 0.15) is 46.5 Å². The molecule has 2 rings (SSSR count). The van der Waals surface area contributed by atoms with E-state index < -0.39 is 0 Å². The minimum absolute atomic E-state index is 0.149. The minimum atomic E-state index is -0.385. The van der Waals surface area contributed by atoms with Crippen molar-refractivity contribution < 1.29 is 9.53 Å². The first-order valence-electron chi connectivity index (χ1n) is 6.99. The van der Waals surface area contributed by atoms with E-state index in [-0.39, 0.29) is 11.7 Å². The molecule has 4 nitrogen and oxygen atoms in total. The van der Waals surface area contributed by atoms with Crippen LogP contribution < -0.4 is 5.32 Å². The molecule has 1 heterocycles. The van der Waals surface area contributed by atoms with Gasteiger partial charge in [-0.3, -0.25) is 0 Å². The SMILES string of the molecule is CNC1CCC2(CC1)CN(C(=O)OC(C)(C)C)C2. The highest BCUT2D eigenvalue weighted by atomic mass is 16.6. The Bertz CT molecular complexity index is 306. The Morgan fingerprint density at radius 2 is 1.83 bits per heavy atom. The molecule has 1 spiro atoms. The van der Waals surface area contributed by atoms with Gasteiger partial charge in [0, 0.05) is 24.5 Å². The number of hydrogen-bond donors (Lipinski definition) is 1. The van der Waals surface area contributed by atoms with Crippen molar-refractivity contribution in [1.29, 1.82) is 0 Å². The van der Waals surface area contributed by atoms with Crippen molar-refractivity contribution in [1.82, 2.24) is 10.2 Å². The normalized spacial score (nSPS) is 23.9. The van der Waals surface area contributed by atoms with Crippen molar-refractivity contribution >= 4 is 6.09 Å². The lowest BCUT2D eigenvalue weighted by Crippen LogP contribution is -2.61. The zero-order valence-corrected chi connectivity index (χ0v) is 12.1. The summed E-state index contributed by atoms with van der Waals surface area (Å²) in [5, 5.41) is 3.35. The fourth-order valence-electron chi connectivity index (χ4n) is 3.05. The molecule has 0 radical (unpaired) electrons. The summed E-state index contributed by atoms with van der Waals surface area (Å²) in [7, 11) is 2.04. The topological polar surface area (TPSA) is 41.6 Å². The number of nitrogens with zero attached hydrogens (tertiary/aromatic N) is 1. The van der Waals surface area contributed by atoms with Gasteiger partial charge in [0.1, 0.15) is 5.60 Å². The maximum absolute atomic E-state index is 11.9. The summed E-state index contributed by atoms with van der Waals surface area (Å²) in [5.74, 6) is 0. The van der Waals surface area contributed by atoms with Crippen LogP contribution in [0.25, 0.3) is 0 Å². The van der Waals surface area contributed by atoms with Crippen LogP contribution in [-0.4, -0.2) is 42.8 Å². The number of rotatable bonds is 1. The molecule has 0 aromatic heterocycles. The highest BCUT2D eigenvalue weighted by Gasteiger charge is 2.47. The number of amides is 1. The van der Waals surface area contributed by atoms with E-state index in [4.69, 9.17) is 4.74 Å². The van der Waals surface area contributed by atoms with Crippen molar-refractivity contribution in [2.24, 2.45) is 5.41 Å². The predicted molar refractivity (Wildman–Crippen MR) is 71.6 cm³/mol. The highest BCUT2D eigenvalue weighted by Crippen LogP contribution is 2.44. The van der Waals surface area contributed by atoms with E-state index in [0.717, 1.165) is 13.1 Å². The summed E-state index contributed by atoms with van der Waals surface area (Å²) in [6.07, 6.45) is 4.79. The number of carbonyl (C=O) groups excluding carboxylic acids is 1. The van der Waals surface area contributed by atoms with Gasteiger partial charge in [0.25, 0.3) is 0 Å². The lowest BCUT2D eigenvalue weighted by molar-refractivity contribution is -0.0513. The van der Waals surface area contributed by atoms with Gasteiger partial charge in [0.15, 0.2) is 0 Å². The number of hydrogen-bond acceptors (Lipinski definition) is 3. The van der Waals surface area contributed by atoms with Crippen LogP contribution in [0.15, 0.2) is 0 Å². The average molecular weight is 254 g/mol. The van der Waals surface area contributed by atoms with Crippen LogP contribution in [0.3, 0.4) is 0 Å². The fourth-order valence-corrected chi connectivity index (χ4v) is 3.05. The average Bonchev–Trinajstić information content (AvgIpc) is 2.23. The van der Waals surface area contributed by atoms with Crippen LogP contribution in [0.5, 0.6) is 0 Å². The maximum atomic E-state index is 11.9. The molecular formula is C14H26N2O2. The summed E-state index contributed by atoms with van der Waals surface area (Å²) in [4.78, 5) is 13.7. The first kappa shape index (κ1) is 13.7. The van der Waals surface area contributed by atoms with E-state index in [9.17, 15) is 4.79 Å². The van der Waals surface area contributed by atoms with Gasteiger partial charge in [-0.15, -0.1) is 0 Å². The number of likely N-dealkylation sites (tertiary alicyclic amines) is 1. The molecule has 0 bridgehead atoms. The lowest BCUT2D eigenvalue weighted by atomic mass is 9.67. The van der Waals surface area contributed by atoms with Crippen LogP contribution >= 0.6 is 0 Å². The van der Waals surface area contributed by atoms with Gasteiger partial charge in [0.2, 0.25) is 0 Å². The Hall–Kier alpha value is -0.770. The Labute approximate surface area is 110 Å². The second kappa shape index (κ2) is 4.72. The van der Waals surface area contributed by atoms with E-state index in [1.165, 1.54) is 25.7 Å². The minimum Gasteiger partial charge on any atom is -0.444 e. The van der Waals surface area contributed by atoms with E-state index in [1.54, 1.807) is 0 Å². The summed E-state index contributed by atoms with van der Waals surface area (Å²) in [6.45, 7) is 7.52. The number of ether oxygens (including phenoxy) is 1. The second-order valence-electron chi connectivity index (χ2n) is 6.90. The molecule has 2 fully saturated rings. The lowest BCUT2D eigenvalue weighted by Gasteiger charge is -2.53. The smallest absolute Gasteiger partial charge is 0.410 e. The Kier molecular flexibility index (Phi) is 3.58. The molecule has 4 heteroatoms. The molecule has 1 amide bonds. The van der Waals surface area contributed by atoms with Crippen molar-refractivity contribution in [2.45, 2.75) is 58.1 Å². The van der Waals surface area contributed by atoms with Gasteiger partial charge < -0.3 is 15.0 Å². The summed E-state index contributed by atoms with van der Waals surface area (Å²) in [5.41, 5.74) is 0.00782. The van der Waals surface area contributed by atoms with Gasteiger partial charge in [-0.05, 0) is 53.5 Å². The third-order valence-corrected chi connectivity index (χ3v) is 4.16. The van der Waals surface area contributed by atoms with Crippen molar-refractivity contribution in [3.05, 3.63) is 0 Å². The molecule has 2 aliphatic rings. The molecule has 1 aliphatic carbocycles.